The van der Waals surface area contributed by atoms with Crippen LogP contribution in [0.2, 0.25) is 0 Å². The first kappa shape index (κ1) is 16.6. The maximum atomic E-state index is 4.69. The predicted molar refractivity (Wildman–Crippen MR) is 111 cm³/mol. The minimum Gasteiger partial charge on any atom is -0.345 e. The highest BCUT2D eigenvalue weighted by Crippen LogP contribution is 2.26. The molecule has 4 heterocycles. The van der Waals surface area contributed by atoms with Crippen molar-refractivity contribution >= 4 is 22.1 Å². The summed E-state index contributed by atoms with van der Waals surface area (Å²) < 4.78 is 0. The Hall–Kier alpha value is -3.54. The van der Waals surface area contributed by atoms with E-state index in [1.807, 2.05) is 42.7 Å². The molecule has 1 aromatic carbocycles. The van der Waals surface area contributed by atoms with Crippen molar-refractivity contribution in [3.8, 4) is 22.8 Å². The van der Waals surface area contributed by atoms with Crippen molar-refractivity contribution in [2.45, 2.75) is 26.2 Å². The van der Waals surface area contributed by atoms with E-state index >= 15 is 0 Å². The Labute approximate surface area is 162 Å². The van der Waals surface area contributed by atoms with Gasteiger partial charge in [-0.15, -0.1) is 0 Å². The molecule has 0 unspecified atom stereocenters. The molecule has 6 heteroatoms. The van der Waals surface area contributed by atoms with Gasteiger partial charge in [-0.3, -0.25) is 9.97 Å². The minimum absolute atomic E-state index is 0.0884. The Morgan fingerprint density at radius 1 is 0.786 bits per heavy atom. The highest BCUT2D eigenvalue weighted by Gasteiger charge is 2.14. The summed E-state index contributed by atoms with van der Waals surface area (Å²) in [7, 11) is 0. The molecule has 2 N–H and O–H groups in total. The normalized spacial score (nSPS) is 12.1. The number of hydrogen-bond donors (Lipinski definition) is 2. The van der Waals surface area contributed by atoms with Gasteiger partial charge < -0.3 is 9.97 Å². The molecule has 0 saturated heterocycles. The molecule has 4 aromatic heterocycles. The fraction of sp³-hybridized carbons (Fsp3) is 0.182. The van der Waals surface area contributed by atoms with Gasteiger partial charge >= 0.3 is 0 Å². The van der Waals surface area contributed by atoms with Crippen molar-refractivity contribution in [2.24, 2.45) is 0 Å². The van der Waals surface area contributed by atoms with Crippen molar-refractivity contribution < 1.29 is 0 Å². The number of imidazole rings is 2. The number of H-pyrrole nitrogens is 2. The van der Waals surface area contributed by atoms with Gasteiger partial charge in [-0.05, 0) is 41.3 Å². The number of nitrogens with one attached hydrogen (secondary N) is 2. The molecule has 0 aliphatic rings. The van der Waals surface area contributed by atoms with Crippen LogP contribution in [0.1, 0.15) is 26.3 Å². The van der Waals surface area contributed by atoms with E-state index < -0.39 is 0 Å². The van der Waals surface area contributed by atoms with Crippen LogP contribution < -0.4 is 0 Å². The molecule has 138 valence electrons. The average molecular weight is 368 g/mol. The molecule has 0 bridgehead atoms. The maximum Gasteiger partial charge on any atom is 0.140 e. The topological polar surface area (TPSA) is 83.1 Å². The largest absolute Gasteiger partial charge is 0.345 e. The van der Waals surface area contributed by atoms with E-state index in [4.69, 9.17) is 0 Å². The Bertz CT molecular complexity index is 1220. The summed E-state index contributed by atoms with van der Waals surface area (Å²) in [6, 6.07) is 12.1. The van der Waals surface area contributed by atoms with Crippen molar-refractivity contribution in [1.29, 1.82) is 0 Å². The van der Waals surface area contributed by atoms with E-state index in [2.05, 4.69) is 56.7 Å². The van der Waals surface area contributed by atoms with Gasteiger partial charge in [0.05, 0.1) is 39.8 Å². The number of benzene rings is 1. The van der Waals surface area contributed by atoms with Gasteiger partial charge in [0.2, 0.25) is 0 Å². The van der Waals surface area contributed by atoms with Crippen LogP contribution in [-0.2, 0) is 5.41 Å². The Morgan fingerprint density at radius 2 is 1.57 bits per heavy atom. The van der Waals surface area contributed by atoms with Crippen LogP contribution in [0.4, 0.5) is 0 Å². The molecule has 0 atom stereocenters. The van der Waals surface area contributed by atoms with Crippen LogP contribution in [0.5, 0.6) is 0 Å². The number of aromatic nitrogens is 6. The molecular weight excluding hydrogens is 348 g/mol. The molecule has 0 amide bonds. The summed E-state index contributed by atoms with van der Waals surface area (Å²) in [6.07, 6.45) is 5.45. The van der Waals surface area contributed by atoms with Gasteiger partial charge in [0.25, 0.3) is 0 Å². The number of pyridine rings is 2. The third kappa shape index (κ3) is 2.83. The fourth-order valence-corrected chi connectivity index (χ4v) is 3.25. The lowest BCUT2D eigenvalue weighted by Crippen LogP contribution is -2.11. The van der Waals surface area contributed by atoms with Crippen LogP contribution in [0.25, 0.3) is 44.8 Å². The molecule has 0 saturated carbocycles. The van der Waals surface area contributed by atoms with Crippen LogP contribution >= 0.6 is 0 Å². The predicted octanol–water partition coefficient (Wildman–Crippen LogP) is 4.86. The van der Waals surface area contributed by atoms with Crippen LogP contribution in [0.15, 0.2) is 55.1 Å². The van der Waals surface area contributed by atoms with Crippen molar-refractivity contribution in [1.82, 2.24) is 29.9 Å². The summed E-state index contributed by atoms with van der Waals surface area (Å²) in [6.45, 7) is 6.55. The zero-order valence-corrected chi connectivity index (χ0v) is 16.0. The maximum absolute atomic E-state index is 4.69. The van der Waals surface area contributed by atoms with E-state index in [-0.39, 0.29) is 5.41 Å². The second-order valence-electron chi connectivity index (χ2n) is 7.99. The third-order valence-electron chi connectivity index (χ3n) is 4.95. The summed E-state index contributed by atoms with van der Waals surface area (Å²) in [5, 5.41) is 0. The number of fused-ring (bicyclic) bond motifs is 2. The van der Waals surface area contributed by atoms with Crippen LogP contribution in [0.3, 0.4) is 0 Å². The summed E-state index contributed by atoms with van der Waals surface area (Å²) in [5.41, 5.74) is 7.69. The first-order valence-corrected chi connectivity index (χ1v) is 9.23. The molecule has 6 nitrogen and oxygen atoms in total. The molecule has 0 aliphatic carbocycles. The number of hydrogen-bond acceptors (Lipinski definition) is 4. The average Bonchev–Trinajstić information content (AvgIpc) is 3.31. The first-order chi connectivity index (χ1) is 13.5. The molecule has 0 radical (unpaired) electrons. The number of aromatic amines is 2. The smallest absolute Gasteiger partial charge is 0.140 e. The lowest BCUT2D eigenvalue weighted by molar-refractivity contribution is 0.587. The lowest BCUT2D eigenvalue weighted by atomic mass is 9.88. The second kappa shape index (κ2) is 5.99. The molecule has 0 aliphatic heterocycles. The van der Waals surface area contributed by atoms with E-state index in [1.165, 1.54) is 5.56 Å². The molecular formula is C22H20N6. The van der Waals surface area contributed by atoms with Gasteiger partial charge in [0.1, 0.15) is 5.82 Å². The summed E-state index contributed by atoms with van der Waals surface area (Å²) >= 11 is 0. The SMILES string of the molecule is CC(C)(C)c1ccc(-c2ccc(-c3nc4cc5nc[nH]c5cc4[nH]3)cn2)nc1. The summed E-state index contributed by atoms with van der Waals surface area (Å²) in [4.78, 5) is 24.6. The zero-order chi connectivity index (χ0) is 19.3. The van der Waals surface area contributed by atoms with E-state index in [0.717, 1.165) is 44.8 Å². The monoisotopic (exact) mass is 368 g/mol. The third-order valence-corrected chi connectivity index (χ3v) is 4.95. The summed E-state index contributed by atoms with van der Waals surface area (Å²) in [5.74, 6) is 0.790. The zero-order valence-electron chi connectivity index (χ0n) is 16.0. The standard InChI is InChI=1S/C22H20N6/c1-22(2,3)14-5-7-16(24-11-14)15-6-4-13(10-23-15)21-27-19-8-17-18(26-12-25-17)9-20(19)28-21/h4-12H,1-3H3,(H,25,26)(H,27,28). The van der Waals surface area contributed by atoms with E-state index in [1.54, 1.807) is 6.33 Å². The van der Waals surface area contributed by atoms with Gasteiger partial charge in [-0.1, -0.05) is 26.8 Å². The molecule has 28 heavy (non-hydrogen) atoms. The molecule has 0 spiro atoms. The minimum atomic E-state index is 0.0884. The van der Waals surface area contributed by atoms with Crippen molar-refractivity contribution in [2.75, 3.05) is 0 Å². The van der Waals surface area contributed by atoms with E-state index in [9.17, 15) is 0 Å². The molecule has 5 aromatic rings. The Balaban J connectivity index is 1.46. The number of rotatable bonds is 2. The van der Waals surface area contributed by atoms with Crippen LogP contribution in [0, 0.1) is 0 Å². The molecule has 5 rings (SSSR count). The van der Waals surface area contributed by atoms with Gasteiger partial charge in [0.15, 0.2) is 0 Å². The second-order valence-corrected chi connectivity index (χ2v) is 7.99. The van der Waals surface area contributed by atoms with Crippen molar-refractivity contribution in [3.63, 3.8) is 0 Å². The van der Waals surface area contributed by atoms with E-state index in [0.29, 0.717) is 0 Å². The van der Waals surface area contributed by atoms with Gasteiger partial charge in [0, 0.05) is 18.0 Å². The highest BCUT2D eigenvalue weighted by atomic mass is 14.9. The molecule has 0 fully saturated rings. The van der Waals surface area contributed by atoms with Crippen LogP contribution in [-0.4, -0.2) is 29.9 Å². The quantitative estimate of drug-likeness (QED) is 0.466. The Morgan fingerprint density at radius 3 is 2.25 bits per heavy atom. The van der Waals surface area contributed by atoms with Gasteiger partial charge in [-0.2, -0.15) is 0 Å². The fourth-order valence-electron chi connectivity index (χ4n) is 3.25. The Kier molecular flexibility index (Phi) is 3.55. The highest BCUT2D eigenvalue weighted by molar-refractivity contribution is 5.92. The van der Waals surface area contributed by atoms with Gasteiger partial charge in [-0.25, -0.2) is 9.97 Å². The first-order valence-electron chi connectivity index (χ1n) is 9.23. The lowest BCUT2D eigenvalue weighted by Gasteiger charge is -2.18. The number of nitrogens with zero attached hydrogens (tertiary/aromatic N) is 4. The van der Waals surface area contributed by atoms with Crippen molar-refractivity contribution in [3.05, 3.63) is 60.7 Å².